The molecule has 1 aromatic heterocycles. The predicted octanol–water partition coefficient (Wildman–Crippen LogP) is 6.07. The van der Waals surface area contributed by atoms with Crippen molar-refractivity contribution in [1.82, 2.24) is 5.43 Å². The Morgan fingerprint density at radius 3 is 2.12 bits per heavy atom. The average Bonchev–Trinajstić information content (AvgIpc) is 3.39. The van der Waals surface area contributed by atoms with Gasteiger partial charge in [-0.15, -0.1) is 11.3 Å². The van der Waals surface area contributed by atoms with E-state index in [-0.39, 0.29) is 5.91 Å². The monoisotopic (exact) mass is 449 g/mol. The van der Waals surface area contributed by atoms with Crippen LogP contribution in [0.2, 0.25) is 0 Å². The summed E-state index contributed by atoms with van der Waals surface area (Å²) >= 11 is 1.34. The van der Waals surface area contributed by atoms with Gasteiger partial charge in [-0.3, -0.25) is 9.59 Å². The van der Waals surface area contributed by atoms with E-state index in [9.17, 15) is 9.59 Å². The van der Waals surface area contributed by atoms with Gasteiger partial charge in [-0.25, -0.2) is 5.43 Å². The maximum Gasteiger partial charge on any atom is 0.273 e. The Morgan fingerprint density at radius 2 is 1.42 bits per heavy atom. The quantitative estimate of drug-likeness (QED) is 0.194. The summed E-state index contributed by atoms with van der Waals surface area (Å²) in [5, 5.41) is 13.2. The van der Waals surface area contributed by atoms with Gasteiger partial charge >= 0.3 is 0 Å². The normalized spacial score (nSPS) is 11.2. The summed E-state index contributed by atoms with van der Waals surface area (Å²) in [4.78, 5) is 25.9. The number of benzene rings is 4. The Balaban J connectivity index is 1.42. The summed E-state index contributed by atoms with van der Waals surface area (Å²) in [6, 6.07) is 28.7. The van der Waals surface area contributed by atoms with Crippen molar-refractivity contribution in [2.24, 2.45) is 5.10 Å². The molecule has 160 valence electrons. The Bertz CT molecular complexity index is 1450. The Morgan fingerprint density at radius 1 is 0.758 bits per heavy atom. The number of nitrogens with one attached hydrogen (secondary N) is 2. The van der Waals surface area contributed by atoms with E-state index in [4.69, 9.17) is 0 Å². The number of hydrazone groups is 1. The maximum atomic E-state index is 12.9. The molecule has 5 aromatic rings. The topological polar surface area (TPSA) is 70.6 Å². The number of carbonyl (C=O) groups is 2. The molecule has 1 heterocycles. The minimum absolute atomic E-state index is 0.254. The van der Waals surface area contributed by atoms with Gasteiger partial charge in [-0.1, -0.05) is 66.7 Å². The van der Waals surface area contributed by atoms with Crippen molar-refractivity contribution in [2.75, 3.05) is 5.32 Å². The average molecular weight is 450 g/mol. The third kappa shape index (κ3) is 4.24. The molecule has 0 fully saturated rings. The van der Waals surface area contributed by atoms with Crippen LogP contribution in [0.4, 0.5) is 5.69 Å². The maximum absolute atomic E-state index is 12.9. The summed E-state index contributed by atoms with van der Waals surface area (Å²) in [6.07, 6.45) is 1.68. The van der Waals surface area contributed by atoms with Crippen LogP contribution in [-0.4, -0.2) is 18.0 Å². The highest BCUT2D eigenvalue weighted by atomic mass is 32.1. The number of rotatable bonds is 5. The minimum Gasteiger partial charge on any atom is -0.321 e. The van der Waals surface area contributed by atoms with Crippen molar-refractivity contribution in [3.8, 4) is 0 Å². The van der Waals surface area contributed by atoms with Crippen LogP contribution < -0.4 is 10.7 Å². The smallest absolute Gasteiger partial charge is 0.273 e. The van der Waals surface area contributed by atoms with Crippen LogP contribution in [0, 0.1) is 0 Å². The largest absolute Gasteiger partial charge is 0.321 e. The van der Waals surface area contributed by atoms with Crippen LogP contribution in [0.3, 0.4) is 0 Å². The predicted molar refractivity (Wildman–Crippen MR) is 135 cm³/mol. The number of fused-ring (bicyclic) bond motifs is 2. The molecule has 0 atom stereocenters. The van der Waals surface area contributed by atoms with E-state index in [0.717, 1.165) is 27.1 Å². The molecule has 6 heteroatoms. The van der Waals surface area contributed by atoms with E-state index in [0.29, 0.717) is 16.1 Å². The fraction of sp³-hybridized carbons (Fsp3) is 0. The SMILES string of the molecule is O=C(Nc1ccccc1C(=O)N/N=C\c1c2ccccc2cc2ccccc12)c1cccs1. The van der Waals surface area contributed by atoms with Gasteiger partial charge in [-0.05, 0) is 51.2 Å². The molecule has 0 spiro atoms. The van der Waals surface area contributed by atoms with Gasteiger partial charge < -0.3 is 5.32 Å². The van der Waals surface area contributed by atoms with Crippen molar-refractivity contribution >= 4 is 56.6 Å². The first-order chi connectivity index (χ1) is 16.2. The Hall–Kier alpha value is -4.29. The first-order valence-electron chi connectivity index (χ1n) is 10.4. The summed E-state index contributed by atoms with van der Waals surface area (Å²) in [5.74, 6) is -0.658. The van der Waals surface area contributed by atoms with Gasteiger partial charge in [0.1, 0.15) is 0 Å². The molecule has 5 rings (SSSR count). The Kier molecular flexibility index (Phi) is 5.66. The van der Waals surface area contributed by atoms with Crippen molar-refractivity contribution in [2.45, 2.75) is 0 Å². The van der Waals surface area contributed by atoms with Crippen LogP contribution in [0.15, 0.2) is 101 Å². The third-order valence-corrected chi connectivity index (χ3v) is 6.21. The number of nitrogens with zero attached hydrogens (tertiary/aromatic N) is 1. The van der Waals surface area contributed by atoms with Gasteiger partial charge in [0.05, 0.1) is 22.3 Å². The Labute approximate surface area is 194 Å². The van der Waals surface area contributed by atoms with Crippen molar-refractivity contribution in [1.29, 1.82) is 0 Å². The lowest BCUT2D eigenvalue weighted by Crippen LogP contribution is -2.21. The van der Waals surface area contributed by atoms with E-state index >= 15 is 0 Å². The molecule has 0 bridgehead atoms. The number of para-hydroxylation sites is 1. The lowest BCUT2D eigenvalue weighted by Gasteiger charge is -2.10. The summed E-state index contributed by atoms with van der Waals surface area (Å²) in [7, 11) is 0. The third-order valence-electron chi connectivity index (χ3n) is 5.34. The molecule has 0 radical (unpaired) electrons. The van der Waals surface area contributed by atoms with Gasteiger partial charge in [0, 0.05) is 5.56 Å². The minimum atomic E-state index is -0.405. The van der Waals surface area contributed by atoms with Crippen molar-refractivity contribution < 1.29 is 9.59 Å². The lowest BCUT2D eigenvalue weighted by atomic mass is 9.97. The zero-order chi connectivity index (χ0) is 22.6. The van der Waals surface area contributed by atoms with E-state index in [1.807, 2.05) is 47.8 Å². The zero-order valence-corrected chi connectivity index (χ0v) is 18.3. The molecule has 33 heavy (non-hydrogen) atoms. The van der Waals surface area contributed by atoms with Gasteiger partial charge in [0.25, 0.3) is 11.8 Å². The number of hydrogen-bond acceptors (Lipinski definition) is 4. The molecule has 0 aliphatic rings. The fourth-order valence-corrected chi connectivity index (χ4v) is 4.40. The van der Waals surface area contributed by atoms with Gasteiger partial charge in [0.2, 0.25) is 0 Å². The van der Waals surface area contributed by atoms with E-state index in [2.05, 4.69) is 34.0 Å². The number of hydrogen-bond donors (Lipinski definition) is 2. The molecular formula is C27H19N3O2S. The number of amides is 2. The second-order valence-electron chi connectivity index (χ2n) is 7.41. The van der Waals surface area contributed by atoms with Gasteiger partial charge in [0.15, 0.2) is 0 Å². The molecule has 5 nitrogen and oxygen atoms in total. The molecule has 0 aliphatic heterocycles. The van der Waals surface area contributed by atoms with Crippen LogP contribution in [0.1, 0.15) is 25.6 Å². The summed E-state index contributed by atoms with van der Waals surface area (Å²) in [5.41, 5.74) is 4.31. The molecule has 2 amide bonds. The van der Waals surface area contributed by atoms with E-state index in [1.165, 1.54) is 11.3 Å². The standard InChI is InChI=1S/C27H19N3O2S/c31-26(22-12-5-6-13-24(22)29-27(32)25-14-7-15-33-25)30-28-17-23-20-10-3-1-8-18(20)16-19-9-2-4-11-21(19)23/h1-17H,(H,29,32)(H,30,31)/b28-17-. The molecule has 0 unspecified atom stereocenters. The van der Waals surface area contributed by atoms with Crippen molar-refractivity contribution in [3.05, 3.63) is 112 Å². The number of anilines is 1. The molecule has 0 aliphatic carbocycles. The highest BCUT2D eigenvalue weighted by Crippen LogP contribution is 2.27. The lowest BCUT2D eigenvalue weighted by molar-refractivity contribution is 0.0956. The highest BCUT2D eigenvalue weighted by Gasteiger charge is 2.14. The fourth-order valence-electron chi connectivity index (χ4n) is 3.79. The molecule has 0 saturated heterocycles. The van der Waals surface area contributed by atoms with Crippen LogP contribution in [0.25, 0.3) is 21.5 Å². The number of carbonyl (C=O) groups excluding carboxylic acids is 2. The second kappa shape index (κ2) is 9.06. The summed E-state index contributed by atoms with van der Waals surface area (Å²) in [6.45, 7) is 0. The zero-order valence-electron chi connectivity index (χ0n) is 17.5. The van der Waals surface area contributed by atoms with E-state index in [1.54, 1.807) is 36.5 Å². The molecule has 4 aromatic carbocycles. The molecule has 0 saturated carbocycles. The van der Waals surface area contributed by atoms with Crippen LogP contribution in [0.5, 0.6) is 0 Å². The van der Waals surface area contributed by atoms with Crippen molar-refractivity contribution in [3.63, 3.8) is 0 Å². The summed E-state index contributed by atoms with van der Waals surface area (Å²) < 4.78 is 0. The van der Waals surface area contributed by atoms with Crippen LogP contribution in [-0.2, 0) is 0 Å². The molecule has 2 N–H and O–H groups in total. The van der Waals surface area contributed by atoms with Crippen LogP contribution >= 0.6 is 11.3 Å². The second-order valence-corrected chi connectivity index (χ2v) is 8.36. The van der Waals surface area contributed by atoms with E-state index < -0.39 is 5.91 Å². The first-order valence-corrected chi connectivity index (χ1v) is 11.3. The first kappa shape index (κ1) is 20.6. The van der Waals surface area contributed by atoms with Gasteiger partial charge in [-0.2, -0.15) is 5.10 Å². The number of thiophene rings is 1. The molecular weight excluding hydrogens is 430 g/mol. The highest BCUT2D eigenvalue weighted by molar-refractivity contribution is 7.12.